The first-order chi connectivity index (χ1) is 8.37. The van der Waals surface area contributed by atoms with Crippen LogP contribution in [0.2, 0.25) is 0 Å². The lowest BCUT2D eigenvalue weighted by Crippen LogP contribution is -2.29. The Kier molecular flexibility index (Phi) is 6.11. The van der Waals surface area contributed by atoms with Crippen LogP contribution in [-0.4, -0.2) is 52.0 Å². The highest BCUT2D eigenvalue weighted by Crippen LogP contribution is 2.13. The molecule has 1 N–H and O–H groups in total. The number of hydrogen-bond donors (Lipinski definition) is 1. The van der Waals surface area contributed by atoms with Crippen LogP contribution in [0, 0.1) is 0 Å². The highest BCUT2D eigenvalue weighted by atomic mass is 79.9. The summed E-state index contributed by atoms with van der Waals surface area (Å²) in [5.74, 6) is 0.210. The second-order valence-corrected chi connectivity index (χ2v) is 7.54. The molecule has 0 amide bonds. The topological polar surface area (TPSA) is 49.4 Å². The third-order valence-corrected chi connectivity index (χ3v) is 3.96. The van der Waals surface area contributed by atoms with Crippen molar-refractivity contribution in [3.63, 3.8) is 0 Å². The van der Waals surface area contributed by atoms with Crippen LogP contribution in [-0.2, 0) is 9.84 Å². The van der Waals surface area contributed by atoms with Crippen molar-refractivity contribution in [3.8, 4) is 0 Å². The average molecular weight is 335 g/mol. The summed E-state index contributed by atoms with van der Waals surface area (Å²) >= 11 is 3.38. The van der Waals surface area contributed by atoms with Gasteiger partial charge in [0.05, 0.1) is 5.75 Å². The molecule has 4 nitrogen and oxygen atoms in total. The normalized spacial score (nSPS) is 11.8. The number of nitrogens with one attached hydrogen (secondary N) is 1. The van der Waals surface area contributed by atoms with Gasteiger partial charge in [0.25, 0.3) is 0 Å². The lowest BCUT2D eigenvalue weighted by Gasteiger charge is -2.16. The number of nitrogens with zero attached hydrogens (tertiary/aromatic N) is 1. The molecule has 6 heteroatoms. The van der Waals surface area contributed by atoms with Crippen LogP contribution in [0.3, 0.4) is 0 Å². The Hall–Kier alpha value is -0.590. The molecular weight excluding hydrogens is 316 g/mol. The third-order valence-electron chi connectivity index (χ3n) is 2.51. The smallest absolute Gasteiger partial charge is 0.148 e. The van der Waals surface area contributed by atoms with Crippen molar-refractivity contribution in [1.82, 2.24) is 4.90 Å². The highest BCUT2D eigenvalue weighted by Gasteiger charge is 2.04. The molecule has 0 saturated carbocycles. The van der Waals surface area contributed by atoms with E-state index in [1.165, 1.54) is 6.26 Å². The zero-order valence-electron chi connectivity index (χ0n) is 10.7. The number of benzene rings is 1. The van der Waals surface area contributed by atoms with Gasteiger partial charge in [0.2, 0.25) is 0 Å². The molecule has 0 spiro atoms. The Morgan fingerprint density at radius 2 is 1.83 bits per heavy atom. The summed E-state index contributed by atoms with van der Waals surface area (Å²) in [4.78, 5) is 2.01. The largest absolute Gasteiger partial charge is 0.384 e. The molecule has 0 aliphatic rings. The molecule has 0 aliphatic heterocycles. The molecule has 18 heavy (non-hydrogen) atoms. The molecular formula is C12H19BrN2O2S. The molecule has 0 fully saturated rings. The van der Waals surface area contributed by atoms with Crippen LogP contribution in [0.25, 0.3) is 0 Å². The first-order valence-electron chi connectivity index (χ1n) is 5.72. The zero-order valence-corrected chi connectivity index (χ0v) is 13.1. The molecule has 0 aliphatic carbocycles. The number of halogens is 1. The highest BCUT2D eigenvalue weighted by molar-refractivity contribution is 9.10. The molecule has 0 unspecified atom stereocenters. The van der Waals surface area contributed by atoms with Crippen molar-refractivity contribution >= 4 is 31.5 Å². The summed E-state index contributed by atoms with van der Waals surface area (Å²) in [6.07, 6.45) is 1.26. The minimum Gasteiger partial charge on any atom is -0.384 e. The number of likely N-dealkylation sites (N-methyl/N-ethyl adjacent to an activating group) is 1. The van der Waals surface area contributed by atoms with E-state index in [1.54, 1.807) is 0 Å². The lowest BCUT2D eigenvalue weighted by molar-refractivity contribution is 0.367. The van der Waals surface area contributed by atoms with Crippen molar-refractivity contribution in [2.45, 2.75) is 0 Å². The fourth-order valence-corrected chi connectivity index (χ4v) is 2.30. The maximum absolute atomic E-state index is 11.0. The Morgan fingerprint density at radius 1 is 1.22 bits per heavy atom. The number of sulfone groups is 1. The van der Waals surface area contributed by atoms with Crippen molar-refractivity contribution in [2.24, 2.45) is 0 Å². The standard InChI is InChI=1S/C12H19BrN2O2S/c1-15(9-10-18(2,16)17)8-7-14-12-5-3-11(13)4-6-12/h3-6,14H,7-10H2,1-2H3. The maximum Gasteiger partial charge on any atom is 0.148 e. The van der Waals surface area contributed by atoms with Gasteiger partial charge >= 0.3 is 0 Å². The number of anilines is 1. The van der Waals surface area contributed by atoms with Crippen LogP contribution in [0.1, 0.15) is 0 Å². The van der Waals surface area contributed by atoms with Gasteiger partial charge in [-0.05, 0) is 31.3 Å². The minimum atomic E-state index is -2.87. The zero-order chi connectivity index (χ0) is 13.6. The summed E-state index contributed by atoms with van der Waals surface area (Å²) in [5.41, 5.74) is 1.06. The van der Waals surface area contributed by atoms with Gasteiger partial charge in [0.1, 0.15) is 9.84 Å². The van der Waals surface area contributed by atoms with Crippen LogP contribution >= 0.6 is 15.9 Å². The van der Waals surface area contributed by atoms with Crippen LogP contribution in [0.4, 0.5) is 5.69 Å². The molecule has 0 heterocycles. The van der Waals surface area contributed by atoms with Crippen LogP contribution in [0.5, 0.6) is 0 Å². The fourth-order valence-electron chi connectivity index (χ4n) is 1.39. The van der Waals surface area contributed by atoms with E-state index >= 15 is 0 Å². The van der Waals surface area contributed by atoms with E-state index in [2.05, 4.69) is 21.2 Å². The quantitative estimate of drug-likeness (QED) is 0.826. The van der Waals surface area contributed by atoms with Gasteiger partial charge in [0.15, 0.2) is 0 Å². The Labute approximate surface area is 117 Å². The summed E-state index contributed by atoms with van der Waals surface area (Å²) in [6.45, 7) is 2.17. The van der Waals surface area contributed by atoms with Crippen molar-refractivity contribution < 1.29 is 8.42 Å². The molecule has 0 atom stereocenters. The molecule has 102 valence electrons. The molecule has 0 aromatic heterocycles. The monoisotopic (exact) mass is 334 g/mol. The molecule has 0 bridgehead atoms. The fraction of sp³-hybridized carbons (Fsp3) is 0.500. The summed E-state index contributed by atoms with van der Waals surface area (Å²) < 4.78 is 23.1. The van der Waals surface area contributed by atoms with Gasteiger partial charge in [-0.2, -0.15) is 0 Å². The van der Waals surface area contributed by atoms with Gasteiger partial charge < -0.3 is 10.2 Å². The van der Waals surface area contributed by atoms with Gasteiger partial charge in [0, 0.05) is 36.1 Å². The van der Waals surface area contributed by atoms with Crippen molar-refractivity contribution in [3.05, 3.63) is 28.7 Å². The predicted molar refractivity (Wildman–Crippen MR) is 79.8 cm³/mol. The Bertz CT molecular complexity index is 459. The molecule has 0 saturated heterocycles. The summed E-state index contributed by atoms with van der Waals surface area (Å²) in [5, 5.41) is 3.29. The maximum atomic E-state index is 11.0. The predicted octanol–water partition coefficient (Wildman–Crippen LogP) is 1.84. The van der Waals surface area contributed by atoms with Crippen molar-refractivity contribution in [2.75, 3.05) is 44.0 Å². The third kappa shape index (κ3) is 6.98. The van der Waals surface area contributed by atoms with E-state index in [4.69, 9.17) is 0 Å². The second kappa shape index (κ2) is 7.11. The number of rotatable bonds is 7. The van der Waals surface area contributed by atoms with E-state index in [0.29, 0.717) is 6.54 Å². The van der Waals surface area contributed by atoms with E-state index in [1.807, 2.05) is 36.2 Å². The van der Waals surface area contributed by atoms with Gasteiger partial charge in [-0.15, -0.1) is 0 Å². The van der Waals surface area contributed by atoms with E-state index in [9.17, 15) is 8.42 Å². The lowest BCUT2D eigenvalue weighted by atomic mass is 10.3. The van der Waals surface area contributed by atoms with Gasteiger partial charge in [-0.3, -0.25) is 0 Å². The SMILES string of the molecule is CN(CCNc1ccc(Br)cc1)CCS(C)(=O)=O. The first-order valence-corrected chi connectivity index (χ1v) is 8.58. The summed E-state index contributed by atoms with van der Waals surface area (Å²) in [6, 6.07) is 7.96. The van der Waals surface area contributed by atoms with E-state index in [-0.39, 0.29) is 5.75 Å². The van der Waals surface area contributed by atoms with Gasteiger partial charge in [-0.25, -0.2) is 8.42 Å². The molecule has 1 aromatic rings. The minimum absolute atomic E-state index is 0.210. The Morgan fingerprint density at radius 3 is 2.39 bits per heavy atom. The van der Waals surface area contributed by atoms with Gasteiger partial charge in [-0.1, -0.05) is 15.9 Å². The van der Waals surface area contributed by atoms with Crippen LogP contribution < -0.4 is 5.32 Å². The number of hydrogen-bond acceptors (Lipinski definition) is 4. The molecule has 1 rings (SSSR count). The van der Waals surface area contributed by atoms with E-state index < -0.39 is 9.84 Å². The molecule has 1 aromatic carbocycles. The summed E-state index contributed by atoms with van der Waals surface area (Å²) in [7, 11) is -0.943. The average Bonchev–Trinajstić information content (AvgIpc) is 2.28. The first kappa shape index (κ1) is 15.5. The van der Waals surface area contributed by atoms with Crippen LogP contribution in [0.15, 0.2) is 28.7 Å². The second-order valence-electron chi connectivity index (χ2n) is 4.37. The van der Waals surface area contributed by atoms with E-state index in [0.717, 1.165) is 23.2 Å². The molecule has 0 radical (unpaired) electrons. The Balaban J connectivity index is 2.23. The van der Waals surface area contributed by atoms with Crippen molar-refractivity contribution in [1.29, 1.82) is 0 Å².